The van der Waals surface area contributed by atoms with Gasteiger partial charge in [-0.2, -0.15) is 0 Å². The number of hydrogen-bond acceptors (Lipinski definition) is 3. The van der Waals surface area contributed by atoms with Gasteiger partial charge in [-0.25, -0.2) is 0 Å². The molecule has 0 saturated carbocycles. The van der Waals surface area contributed by atoms with Crippen LogP contribution in [-0.4, -0.2) is 48.7 Å². The lowest BCUT2D eigenvalue weighted by Gasteiger charge is -2.33. The maximum Gasteiger partial charge on any atom is 0.222 e. The van der Waals surface area contributed by atoms with E-state index in [2.05, 4.69) is 19.2 Å². The Bertz CT molecular complexity index is 294. The van der Waals surface area contributed by atoms with Crippen LogP contribution < -0.4 is 5.32 Å². The van der Waals surface area contributed by atoms with Crippen LogP contribution in [0.5, 0.6) is 0 Å². The number of nitrogens with zero attached hydrogens (tertiary/aromatic N) is 1. The lowest BCUT2D eigenvalue weighted by atomic mass is 9.99. The van der Waals surface area contributed by atoms with Gasteiger partial charge in [-0.15, -0.1) is 0 Å². The minimum absolute atomic E-state index is 0.324. The molecule has 1 N–H and O–H groups in total. The van der Waals surface area contributed by atoms with Crippen LogP contribution in [0.25, 0.3) is 0 Å². The van der Waals surface area contributed by atoms with Gasteiger partial charge in [-0.3, -0.25) is 4.79 Å². The summed E-state index contributed by atoms with van der Waals surface area (Å²) in [6.45, 7) is 7.07. The molecule has 3 atom stereocenters. The first-order valence-corrected chi connectivity index (χ1v) is 7.84. The average Bonchev–Trinajstić information content (AvgIpc) is 2.76. The molecule has 2 rings (SSSR count). The fourth-order valence-corrected chi connectivity index (χ4v) is 3.24. The first-order chi connectivity index (χ1) is 9.19. The number of carbonyl (C=O) groups is 1. The quantitative estimate of drug-likeness (QED) is 0.800. The van der Waals surface area contributed by atoms with Crippen molar-refractivity contribution in [3.63, 3.8) is 0 Å². The van der Waals surface area contributed by atoms with E-state index in [0.29, 0.717) is 24.1 Å². The molecule has 4 nitrogen and oxygen atoms in total. The van der Waals surface area contributed by atoms with E-state index in [1.54, 1.807) is 0 Å². The SMILES string of the molecule is CCCC1CC(NC(C)CN2CCCC2=O)CCO1. The first-order valence-electron chi connectivity index (χ1n) is 7.84. The molecule has 110 valence electrons. The Balaban J connectivity index is 1.72. The third kappa shape index (κ3) is 4.46. The van der Waals surface area contributed by atoms with Gasteiger partial charge in [0.1, 0.15) is 0 Å². The summed E-state index contributed by atoms with van der Waals surface area (Å²) in [5.41, 5.74) is 0. The van der Waals surface area contributed by atoms with Gasteiger partial charge in [-0.05, 0) is 32.6 Å². The van der Waals surface area contributed by atoms with E-state index in [-0.39, 0.29) is 0 Å². The molecule has 0 aromatic carbocycles. The van der Waals surface area contributed by atoms with Crippen molar-refractivity contribution in [1.82, 2.24) is 10.2 Å². The Labute approximate surface area is 116 Å². The zero-order chi connectivity index (χ0) is 13.7. The van der Waals surface area contributed by atoms with Crippen LogP contribution in [0.15, 0.2) is 0 Å². The van der Waals surface area contributed by atoms with Gasteiger partial charge in [0.2, 0.25) is 5.91 Å². The number of carbonyl (C=O) groups excluding carboxylic acids is 1. The smallest absolute Gasteiger partial charge is 0.222 e. The Hall–Kier alpha value is -0.610. The molecular formula is C15H28N2O2. The fraction of sp³-hybridized carbons (Fsp3) is 0.933. The minimum Gasteiger partial charge on any atom is -0.378 e. The summed E-state index contributed by atoms with van der Waals surface area (Å²) in [5.74, 6) is 0.324. The molecule has 2 fully saturated rings. The summed E-state index contributed by atoms with van der Waals surface area (Å²) in [4.78, 5) is 13.6. The van der Waals surface area contributed by atoms with Crippen molar-refractivity contribution in [2.75, 3.05) is 19.7 Å². The minimum atomic E-state index is 0.324. The van der Waals surface area contributed by atoms with Gasteiger partial charge in [0.15, 0.2) is 0 Å². The Morgan fingerprint density at radius 1 is 1.53 bits per heavy atom. The first kappa shape index (κ1) is 14.8. The standard InChI is InChI=1S/C15H28N2O2/c1-3-5-14-10-13(7-9-19-14)16-12(2)11-17-8-4-6-15(17)18/h12-14,16H,3-11H2,1-2H3. The second-order valence-electron chi connectivity index (χ2n) is 6.01. The van der Waals surface area contributed by atoms with Crippen LogP contribution in [-0.2, 0) is 9.53 Å². The van der Waals surface area contributed by atoms with Crippen LogP contribution in [0.2, 0.25) is 0 Å². The number of hydrogen-bond donors (Lipinski definition) is 1. The van der Waals surface area contributed by atoms with Crippen molar-refractivity contribution in [2.24, 2.45) is 0 Å². The molecule has 2 heterocycles. The topological polar surface area (TPSA) is 41.6 Å². The van der Waals surface area contributed by atoms with Crippen LogP contribution in [0.4, 0.5) is 0 Å². The van der Waals surface area contributed by atoms with Gasteiger partial charge in [-0.1, -0.05) is 13.3 Å². The number of ether oxygens (including phenoxy) is 1. The van der Waals surface area contributed by atoms with Gasteiger partial charge in [0, 0.05) is 38.2 Å². The molecule has 0 bridgehead atoms. The molecule has 0 aromatic rings. The number of amides is 1. The largest absolute Gasteiger partial charge is 0.378 e. The predicted octanol–water partition coefficient (Wildman–Crippen LogP) is 1.93. The Kier molecular flexibility index (Phi) is 5.64. The molecule has 1 amide bonds. The van der Waals surface area contributed by atoms with Crippen molar-refractivity contribution in [3.05, 3.63) is 0 Å². The third-order valence-corrected chi connectivity index (χ3v) is 4.16. The van der Waals surface area contributed by atoms with Gasteiger partial charge < -0.3 is 15.0 Å². The number of rotatable bonds is 6. The summed E-state index contributed by atoms with van der Waals surface area (Å²) >= 11 is 0. The van der Waals surface area contributed by atoms with Crippen molar-refractivity contribution >= 4 is 5.91 Å². The maximum absolute atomic E-state index is 11.6. The van der Waals surface area contributed by atoms with E-state index in [9.17, 15) is 4.79 Å². The van der Waals surface area contributed by atoms with Gasteiger partial charge in [0.25, 0.3) is 0 Å². The highest BCUT2D eigenvalue weighted by atomic mass is 16.5. The van der Waals surface area contributed by atoms with Crippen LogP contribution in [0.1, 0.15) is 52.4 Å². The zero-order valence-corrected chi connectivity index (χ0v) is 12.4. The van der Waals surface area contributed by atoms with E-state index in [4.69, 9.17) is 4.74 Å². The predicted molar refractivity (Wildman–Crippen MR) is 76.1 cm³/mol. The van der Waals surface area contributed by atoms with Crippen molar-refractivity contribution < 1.29 is 9.53 Å². The maximum atomic E-state index is 11.6. The Morgan fingerprint density at radius 3 is 3.05 bits per heavy atom. The molecular weight excluding hydrogens is 240 g/mol. The van der Waals surface area contributed by atoms with Crippen LogP contribution in [0, 0.1) is 0 Å². The number of likely N-dealkylation sites (tertiary alicyclic amines) is 1. The monoisotopic (exact) mass is 268 g/mol. The molecule has 19 heavy (non-hydrogen) atoms. The van der Waals surface area contributed by atoms with Crippen LogP contribution >= 0.6 is 0 Å². The normalized spacial score (nSPS) is 29.8. The van der Waals surface area contributed by atoms with Crippen molar-refractivity contribution in [2.45, 2.75) is 70.6 Å². The molecule has 0 spiro atoms. The summed E-state index contributed by atoms with van der Waals surface area (Å²) < 4.78 is 5.78. The van der Waals surface area contributed by atoms with Crippen molar-refractivity contribution in [3.8, 4) is 0 Å². The summed E-state index contributed by atoms with van der Waals surface area (Å²) in [5, 5.41) is 3.68. The van der Waals surface area contributed by atoms with E-state index < -0.39 is 0 Å². The van der Waals surface area contributed by atoms with Gasteiger partial charge >= 0.3 is 0 Å². The molecule has 4 heteroatoms. The number of nitrogens with one attached hydrogen (secondary N) is 1. The zero-order valence-electron chi connectivity index (χ0n) is 12.4. The average molecular weight is 268 g/mol. The van der Waals surface area contributed by atoms with Gasteiger partial charge in [0.05, 0.1) is 6.10 Å². The molecule has 0 aliphatic carbocycles. The van der Waals surface area contributed by atoms with E-state index in [1.165, 1.54) is 6.42 Å². The van der Waals surface area contributed by atoms with Crippen molar-refractivity contribution in [1.29, 1.82) is 0 Å². The Morgan fingerprint density at radius 2 is 2.37 bits per heavy atom. The lowest BCUT2D eigenvalue weighted by Crippen LogP contribution is -2.47. The highest BCUT2D eigenvalue weighted by molar-refractivity contribution is 5.78. The molecule has 2 aliphatic heterocycles. The van der Waals surface area contributed by atoms with E-state index in [1.807, 2.05) is 4.90 Å². The molecule has 0 aromatic heterocycles. The summed E-state index contributed by atoms with van der Waals surface area (Å²) in [7, 11) is 0. The second-order valence-corrected chi connectivity index (χ2v) is 6.01. The highest BCUT2D eigenvalue weighted by Gasteiger charge is 2.25. The summed E-state index contributed by atoms with van der Waals surface area (Å²) in [6, 6.07) is 0.936. The lowest BCUT2D eigenvalue weighted by molar-refractivity contribution is -0.128. The molecule has 2 saturated heterocycles. The van der Waals surface area contributed by atoms with Crippen LogP contribution in [0.3, 0.4) is 0 Å². The van der Waals surface area contributed by atoms with E-state index in [0.717, 1.165) is 51.8 Å². The third-order valence-electron chi connectivity index (χ3n) is 4.16. The molecule has 0 radical (unpaired) electrons. The van der Waals surface area contributed by atoms with E-state index >= 15 is 0 Å². The fourth-order valence-electron chi connectivity index (χ4n) is 3.24. The second kappa shape index (κ2) is 7.25. The molecule has 2 aliphatic rings. The highest BCUT2D eigenvalue weighted by Crippen LogP contribution is 2.18. The summed E-state index contributed by atoms with van der Waals surface area (Å²) in [6.07, 6.45) is 6.76. The molecule has 3 unspecified atom stereocenters.